The standard InChI is InChI=1S/C15H19ClO4/c1-5-19-14(18)15(3,4)13(17)9-20-11-6-7-12(16)10(2)8-11/h6-8H,5,9H2,1-4H3. The molecule has 0 fully saturated rings. The summed E-state index contributed by atoms with van der Waals surface area (Å²) in [5.74, 6) is -0.329. The molecule has 0 bridgehead atoms. The first-order valence-corrected chi connectivity index (χ1v) is 6.76. The van der Waals surface area contributed by atoms with Crippen LogP contribution in [-0.4, -0.2) is 25.0 Å². The number of esters is 1. The van der Waals surface area contributed by atoms with Crippen LogP contribution in [0.4, 0.5) is 0 Å². The molecule has 4 nitrogen and oxygen atoms in total. The highest BCUT2D eigenvalue weighted by atomic mass is 35.5. The average molecular weight is 299 g/mol. The van der Waals surface area contributed by atoms with Crippen LogP contribution in [0.25, 0.3) is 0 Å². The first-order valence-electron chi connectivity index (χ1n) is 6.38. The van der Waals surface area contributed by atoms with E-state index in [-0.39, 0.29) is 19.0 Å². The third kappa shape index (κ3) is 3.97. The van der Waals surface area contributed by atoms with Gasteiger partial charge in [0.15, 0.2) is 5.78 Å². The van der Waals surface area contributed by atoms with E-state index in [1.807, 2.05) is 6.92 Å². The van der Waals surface area contributed by atoms with Crippen LogP contribution in [0.5, 0.6) is 5.75 Å². The maximum Gasteiger partial charge on any atom is 0.319 e. The molecule has 1 aromatic carbocycles. The van der Waals surface area contributed by atoms with Crippen LogP contribution in [-0.2, 0) is 14.3 Å². The molecule has 1 aromatic rings. The van der Waals surface area contributed by atoms with E-state index in [1.165, 1.54) is 13.8 Å². The zero-order chi connectivity index (χ0) is 15.3. The fourth-order valence-electron chi connectivity index (χ4n) is 1.46. The molecular weight excluding hydrogens is 280 g/mol. The number of carbonyl (C=O) groups excluding carboxylic acids is 2. The highest BCUT2D eigenvalue weighted by Gasteiger charge is 2.37. The Morgan fingerprint density at radius 3 is 2.50 bits per heavy atom. The Labute approximate surface area is 124 Å². The largest absolute Gasteiger partial charge is 0.486 e. The van der Waals surface area contributed by atoms with Crippen molar-refractivity contribution in [2.45, 2.75) is 27.7 Å². The van der Waals surface area contributed by atoms with Gasteiger partial charge in [0.05, 0.1) is 6.61 Å². The van der Waals surface area contributed by atoms with Crippen LogP contribution in [0.1, 0.15) is 26.3 Å². The molecule has 0 aromatic heterocycles. The highest BCUT2D eigenvalue weighted by molar-refractivity contribution is 6.31. The van der Waals surface area contributed by atoms with Gasteiger partial charge in [-0.3, -0.25) is 9.59 Å². The number of hydrogen-bond acceptors (Lipinski definition) is 4. The number of Topliss-reactive ketones (excluding diaryl/α,β-unsaturated/α-hetero) is 1. The van der Waals surface area contributed by atoms with E-state index >= 15 is 0 Å². The lowest BCUT2D eigenvalue weighted by Gasteiger charge is -2.20. The molecule has 110 valence electrons. The van der Waals surface area contributed by atoms with Crippen molar-refractivity contribution in [1.82, 2.24) is 0 Å². The molecular formula is C15H19ClO4. The maximum atomic E-state index is 12.1. The smallest absolute Gasteiger partial charge is 0.319 e. The van der Waals surface area contributed by atoms with Gasteiger partial charge in [-0.2, -0.15) is 0 Å². The second kappa shape index (κ2) is 6.75. The topological polar surface area (TPSA) is 52.6 Å². The van der Waals surface area contributed by atoms with Gasteiger partial charge in [0.2, 0.25) is 0 Å². The molecule has 0 spiro atoms. The zero-order valence-corrected chi connectivity index (χ0v) is 12.9. The van der Waals surface area contributed by atoms with Crippen LogP contribution in [0.2, 0.25) is 5.02 Å². The van der Waals surface area contributed by atoms with Gasteiger partial charge < -0.3 is 9.47 Å². The molecule has 5 heteroatoms. The Morgan fingerprint density at radius 1 is 1.30 bits per heavy atom. The molecule has 0 atom stereocenters. The number of carbonyl (C=O) groups is 2. The Morgan fingerprint density at radius 2 is 1.95 bits per heavy atom. The second-order valence-electron chi connectivity index (χ2n) is 4.97. The van der Waals surface area contributed by atoms with Crippen LogP contribution >= 0.6 is 11.6 Å². The second-order valence-corrected chi connectivity index (χ2v) is 5.38. The van der Waals surface area contributed by atoms with E-state index in [4.69, 9.17) is 21.1 Å². The fraction of sp³-hybridized carbons (Fsp3) is 0.467. The van der Waals surface area contributed by atoms with E-state index < -0.39 is 11.4 Å². The molecule has 0 N–H and O–H groups in total. The molecule has 0 heterocycles. The lowest BCUT2D eigenvalue weighted by atomic mass is 9.88. The van der Waals surface area contributed by atoms with Crippen LogP contribution in [0, 0.1) is 12.3 Å². The van der Waals surface area contributed by atoms with Crippen molar-refractivity contribution in [3.05, 3.63) is 28.8 Å². The van der Waals surface area contributed by atoms with Gasteiger partial charge in [-0.15, -0.1) is 0 Å². The van der Waals surface area contributed by atoms with Crippen molar-refractivity contribution in [2.24, 2.45) is 5.41 Å². The van der Waals surface area contributed by atoms with Crippen LogP contribution in [0.3, 0.4) is 0 Å². The Balaban J connectivity index is 2.66. The highest BCUT2D eigenvalue weighted by Crippen LogP contribution is 2.23. The predicted molar refractivity (Wildman–Crippen MR) is 77.1 cm³/mol. The third-order valence-electron chi connectivity index (χ3n) is 2.98. The van der Waals surface area contributed by atoms with Gasteiger partial charge in [0, 0.05) is 5.02 Å². The van der Waals surface area contributed by atoms with E-state index in [0.717, 1.165) is 5.56 Å². The van der Waals surface area contributed by atoms with Gasteiger partial charge in [0.1, 0.15) is 17.8 Å². The van der Waals surface area contributed by atoms with Gasteiger partial charge >= 0.3 is 5.97 Å². The van der Waals surface area contributed by atoms with Gasteiger partial charge in [0.25, 0.3) is 0 Å². The monoisotopic (exact) mass is 298 g/mol. The van der Waals surface area contributed by atoms with Crippen LogP contribution < -0.4 is 4.74 Å². The lowest BCUT2D eigenvalue weighted by molar-refractivity contribution is -0.158. The van der Waals surface area contributed by atoms with Crippen molar-refractivity contribution in [3.8, 4) is 5.75 Å². The number of halogens is 1. The minimum Gasteiger partial charge on any atom is -0.486 e. The summed E-state index contributed by atoms with van der Waals surface area (Å²) in [4.78, 5) is 23.8. The molecule has 1 rings (SSSR count). The molecule has 0 unspecified atom stereocenters. The lowest BCUT2D eigenvalue weighted by Crippen LogP contribution is -2.38. The SMILES string of the molecule is CCOC(=O)C(C)(C)C(=O)COc1ccc(Cl)c(C)c1. The number of aryl methyl sites for hydroxylation is 1. The molecule has 0 saturated carbocycles. The van der Waals surface area contributed by atoms with Gasteiger partial charge in [-0.05, 0) is 51.5 Å². The molecule has 0 radical (unpaired) electrons. The number of rotatable bonds is 6. The minimum absolute atomic E-state index is 0.188. The first kappa shape index (κ1) is 16.5. The fourth-order valence-corrected chi connectivity index (χ4v) is 1.58. The Kier molecular flexibility index (Phi) is 5.57. The Bertz CT molecular complexity index is 509. The molecule has 0 amide bonds. The molecule has 0 aliphatic carbocycles. The summed E-state index contributed by atoms with van der Waals surface area (Å²) >= 11 is 5.91. The summed E-state index contributed by atoms with van der Waals surface area (Å²) in [6.07, 6.45) is 0. The quantitative estimate of drug-likeness (QED) is 0.598. The summed E-state index contributed by atoms with van der Waals surface area (Å²) in [5, 5.41) is 0.635. The minimum atomic E-state index is -1.21. The van der Waals surface area contributed by atoms with Crippen molar-refractivity contribution < 1.29 is 19.1 Å². The van der Waals surface area contributed by atoms with E-state index in [1.54, 1.807) is 25.1 Å². The molecule has 0 aliphatic rings. The summed E-state index contributed by atoms with van der Waals surface area (Å²) in [5.41, 5.74) is -0.349. The predicted octanol–water partition coefficient (Wildman–Crippen LogP) is 3.19. The van der Waals surface area contributed by atoms with Gasteiger partial charge in [-0.1, -0.05) is 11.6 Å². The summed E-state index contributed by atoms with van der Waals surface area (Å²) in [6.45, 7) is 6.66. The first-order chi connectivity index (χ1) is 9.28. The van der Waals surface area contributed by atoms with E-state index in [9.17, 15) is 9.59 Å². The summed E-state index contributed by atoms with van der Waals surface area (Å²) < 4.78 is 10.3. The van der Waals surface area contributed by atoms with E-state index in [2.05, 4.69) is 0 Å². The molecule has 0 aliphatic heterocycles. The third-order valence-corrected chi connectivity index (χ3v) is 3.41. The molecule has 0 saturated heterocycles. The van der Waals surface area contributed by atoms with Crippen molar-refractivity contribution >= 4 is 23.4 Å². The normalized spacial score (nSPS) is 11.1. The maximum absolute atomic E-state index is 12.1. The van der Waals surface area contributed by atoms with Crippen molar-refractivity contribution in [3.63, 3.8) is 0 Å². The van der Waals surface area contributed by atoms with E-state index in [0.29, 0.717) is 10.8 Å². The molecule has 20 heavy (non-hydrogen) atoms. The zero-order valence-electron chi connectivity index (χ0n) is 12.2. The number of benzene rings is 1. The van der Waals surface area contributed by atoms with Crippen LogP contribution in [0.15, 0.2) is 18.2 Å². The average Bonchev–Trinajstić information content (AvgIpc) is 2.39. The summed E-state index contributed by atoms with van der Waals surface area (Å²) in [6, 6.07) is 5.13. The van der Waals surface area contributed by atoms with Crippen molar-refractivity contribution in [2.75, 3.05) is 13.2 Å². The number of ketones is 1. The number of ether oxygens (including phenoxy) is 2. The van der Waals surface area contributed by atoms with Crippen molar-refractivity contribution in [1.29, 1.82) is 0 Å². The summed E-state index contributed by atoms with van der Waals surface area (Å²) in [7, 11) is 0. The number of hydrogen-bond donors (Lipinski definition) is 0. The van der Waals surface area contributed by atoms with Gasteiger partial charge in [-0.25, -0.2) is 0 Å². The Hall–Kier alpha value is -1.55.